The summed E-state index contributed by atoms with van der Waals surface area (Å²) in [6.07, 6.45) is 3.71. The minimum Gasteiger partial charge on any atom is -0.469 e. The molecule has 1 fully saturated rings. The van der Waals surface area contributed by atoms with Crippen LogP contribution in [-0.4, -0.2) is 111 Å². The third-order valence-corrected chi connectivity index (χ3v) is 7.91. The van der Waals surface area contributed by atoms with Gasteiger partial charge in [0, 0.05) is 64.4 Å². The molecular weight excluding hydrogens is 636 g/mol. The molecule has 0 saturated carbocycles. The van der Waals surface area contributed by atoms with Gasteiger partial charge in [0.2, 0.25) is 35.4 Å². The molecule has 2 aliphatic rings. The van der Waals surface area contributed by atoms with Crippen LogP contribution in [0.25, 0.3) is 0 Å². The van der Waals surface area contributed by atoms with Gasteiger partial charge in [0.05, 0.1) is 25.9 Å². The van der Waals surface area contributed by atoms with Crippen molar-refractivity contribution < 1.29 is 37.9 Å². The number of hydrogen-bond donors (Lipinski definition) is 7. The van der Waals surface area contributed by atoms with Crippen LogP contribution in [0.1, 0.15) is 23.3 Å². The Kier molecular flexibility index (Phi) is 14.3. The van der Waals surface area contributed by atoms with Crippen LogP contribution in [0.4, 0.5) is 0 Å². The van der Waals surface area contributed by atoms with Gasteiger partial charge in [-0.05, 0) is 29.7 Å². The number of nitrogens with two attached hydrogens (primary N) is 1. The first-order valence-electron chi connectivity index (χ1n) is 16.2. The Hall–Kier alpha value is -5.06. The first kappa shape index (κ1) is 36.8. The van der Waals surface area contributed by atoms with Crippen LogP contribution in [0.5, 0.6) is 0 Å². The van der Waals surface area contributed by atoms with E-state index in [1.54, 1.807) is 36.4 Å². The maximum atomic E-state index is 13.5. The van der Waals surface area contributed by atoms with Gasteiger partial charge in [-0.25, -0.2) is 0 Å². The lowest BCUT2D eigenvalue weighted by Crippen LogP contribution is -2.60. The van der Waals surface area contributed by atoms with E-state index in [1.807, 2.05) is 0 Å². The molecule has 2 aromatic rings. The summed E-state index contributed by atoms with van der Waals surface area (Å²) >= 11 is 0. The lowest BCUT2D eigenvalue weighted by atomic mass is 10.0. The highest BCUT2D eigenvalue weighted by Crippen LogP contribution is 2.12. The molecule has 264 valence electrons. The lowest BCUT2D eigenvalue weighted by Gasteiger charge is -2.33. The average Bonchev–Trinajstić information content (AvgIpc) is 3.62. The van der Waals surface area contributed by atoms with E-state index in [4.69, 9.17) is 14.9 Å². The number of nitrogens with one attached hydrogen (secondary N) is 6. The van der Waals surface area contributed by atoms with Crippen LogP contribution in [0.15, 0.2) is 59.2 Å². The Morgan fingerprint density at radius 3 is 2.55 bits per heavy atom. The van der Waals surface area contributed by atoms with Crippen LogP contribution < -0.4 is 37.6 Å². The van der Waals surface area contributed by atoms with Crippen LogP contribution in [0, 0.1) is 0 Å². The van der Waals surface area contributed by atoms with E-state index in [9.17, 15) is 28.8 Å². The zero-order chi connectivity index (χ0) is 35.0. The number of carbonyl (C=O) groups is 6. The number of carbonyl (C=O) groups excluding carboxylic acids is 6. The number of benzene rings is 1. The molecule has 16 heteroatoms. The normalized spacial score (nSPS) is 22.3. The number of nitrogens with zero attached hydrogens (tertiary/aromatic N) is 1. The predicted molar refractivity (Wildman–Crippen MR) is 176 cm³/mol. The van der Waals surface area contributed by atoms with Crippen LogP contribution >= 0.6 is 0 Å². The van der Waals surface area contributed by atoms with E-state index in [2.05, 4.69) is 31.9 Å². The second-order valence-electron chi connectivity index (χ2n) is 11.5. The first-order valence-corrected chi connectivity index (χ1v) is 16.2. The van der Waals surface area contributed by atoms with Crippen molar-refractivity contribution in [3.63, 3.8) is 0 Å². The Morgan fingerprint density at radius 2 is 1.78 bits per heavy atom. The average molecular weight is 681 g/mol. The topological polar surface area (TPSA) is 226 Å². The predicted octanol–water partition coefficient (Wildman–Crippen LogP) is -2.38. The van der Waals surface area contributed by atoms with Crippen molar-refractivity contribution in [1.82, 2.24) is 36.8 Å². The van der Waals surface area contributed by atoms with Crippen molar-refractivity contribution in [2.75, 3.05) is 52.5 Å². The number of ether oxygens (including phenoxy) is 1. The molecule has 6 amide bonds. The molecular formula is C33H44N8O8. The molecule has 1 saturated heterocycles. The molecule has 0 unspecified atom stereocenters. The largest absolute Gasteiger partial charge is 0.469 e. The van der Waals surface area contributed by atoms with Crippen LogP contribution in [0.2, 0.25) is 0 Å². The number of piperazine rings is 1. The summed E-state index contributed by atoms with van der Waals surface area (Å²) in [4.78, 5) is 80.0. The fourth-order valence-corrected chi connectivity index (χ4v) is 5.34. The van der Waals surface area contributed by atoms with Crippen molar-refractivity contribution in [1.29, 1.82) is 0 Å². The van der Waals surface area contributed by atoms with Gasteiger partial charge < -0.3 is 51.7 Å². The third-order valence-electron chi connectivity index (χ3n) is 7.91. The molecule has 3 heterocycles. The van der Waals surface area contributed by atoms with Crippen molar-refractivity contribution in [2.24, 2.45) is 5.73 Å². The molecule has 2 bridgehead atoms. The quantitative estimate of drug-likeness (QED) is 0.147. The SMILES string of the molecule is NCCOCCNC(=O)[C@@H]1CCNC(=O)/C=C/C(=O)N2CCN[C@H](C2)C(=O)N[C@@H](Cc2ccco2)C(=O)NCc2ccccc2CC(=O)N1. The van der Waals surface area contributed by atoms with E-state index in [-0.39, 0.29) is 52.0 Å². The Morgan fingerprint density at radius 1 is 0.959 bits per heavy atom. The van der Waals surface area contributed by atoms with Gasteiger partial charge in [0.1, 0.15) is 23.9 Å². The summed E-state index contributed by atoms with van der Waals surface area (Å²) in [6, 6.07) is 7.63. The van der Waals surface area contributed by atoms with Crippen molar-refractivity contribution in [2.45, 2.75) is 43.9 Å². The minimum absolute atomic E-state index is 0.0207. The summed E-state index contributed by atoms with van der Waals surface area (Å²) in [5, 5.41) is 16.8. The second kappa shape index (κ2) is 19.1. The molecule has 1 aromatic carbocycles. The van der Waals surface area contributed by atoms with E-state index in [1.165, 1.54) is 11.2 Å². The third kappa shape index (κ3) is 11.8. The molecule has 3 atom stereocenters. The minimum atomic E-state index is -1.01. The molecule has 0 radical (unpaired) electrons. The Labute approximate surface area is 283 Å². The number of rotatable bonds is 8. The zero-order valence-electron chi connectivity index (χ0n) is 27.2. The summed E-state index contributed by atoms with van der Waals surface area (Å²) < 4.78 is 10.7. The van der Waals surface area contributed by atoms with Crippen molar-refractivity contribution in [3.8, 4) is 0 Å². The number of hydrogen-bond acceptors (Lipinski definition) is 10. The molecule has 0 spiro atoms. The smallest absolute Gasteiger partial charge is 0.246 e. The molecule has 8 N–H and O–H groups in total. The molecule has 49 heavy (non-hydrogen) atoms. The van der Waals surface area contributed by atoms with Crippen LogP contribution in [-0.2, 0) is 52.9 Å². The number of fused-ring (bicyclic) bond motifs is 3. The number of amides is 6. The summed E-state index contributed by atoms with van der Waals surface area (Å²) in [5.41, 5.74) is 6.71. The second-order valence-corrected chi connectivity index (χ2v) is 11.5. The van der Waals surface area contributed by atoms with E-state index in [0.717, 1.165) is 12.2 Å². The highest BCUT2D eigenvalue weighted by molar-refractivity contribution is 5.97. The van der Waals surface area contributed by atoms with Gasteiger partial charge in [-0.15, -0.1) is 0 Å². The molecule has 1 aromatic heterocycles. The Balaban J connectivity index is 1.54. The van der Waals surface area contributed by atoms with Gasteiger partial charge in [0.25, 0.3) is 0 Å². The van der Waals surface area contributed by atoms with E-state index >= 15 is 0 Å². The van der Waals surface area contributed by atoms with E-state index < -0.39 is 53.6 Å². The number of furan rings is 1. The van der Waals surface area contributed by atoms with Gasteiger partial charge in [-0.1, -0.05) is 24.3 Å². The standard InChI is InChI=1S/C33H44N8O8/c34-10-16-48-17-13-37-31(45)25-9-11-36-28(42)7-8-30(44)41-14-12-35-27(21-41)33(47)40-26(19-24-6-3-15-49-24)32(46)38-20-23-5-2-1-4-22(23)18-29(43)39-25/h1-8,15,25-27,35H,9-14,16-21,34H2,(H,36,42)(H,37,45)(H,38,46)(H,39,43)(H,40,47)/b8-7+/t25-,26-,27+/m0/s1. The van der Waals surface area contributed by atoms with Crippen molar-refractivity contribution >= 4 is 35.4 Å². The maximum absolute atomic E-state index is 13.5. The summed E-state index contributed by atoms with van der Waals surface area (Å²) in [7, 11) is 0. The fourth-order valence-electron chi connectivity index (χ4n) is 5.34. The van der Waals surface area contributed by atoms with Gasteiger partial charge in [-0.2, -0.15) is 0 Å². The van der Waals surface area contributed by atoms with Gasteiger partial charge >= 0.3 is 0 Å². The molecule has 4 rings (SSSR count). The summed E-state index contributed by atoms with van der Waals surface area (Å²) in [6.45, 7) is 1.84. The molecule has 0 aliphatic carbocycles. The van der Waals surface area contributed by atoms with Gasteiger partial charge in [0.15, 0.2) is 0 Å². The zero-order valence-corrected chi connectivity index (χ0v) is 27.2. The highest BCUT2D eigenvalue weighted by Gasteiger charge is 2.31. The highest BCUT2D eigenvalue weighted by atomic mass is 16.5. The molecule has 16 nitrogen and oxygen atoms in total. The lowest BCUT2D eigenvalue weighted by molar-refractivity contribution is -0.133. The fraction of sp³-hybridized carbons (Fsp3) is 0.455. The van der Waals surface area contributed by atoms with E-state index in [0.29, 0.717) is 43.1 Å². The first-order chi connectivity index (χ1) is 23.7. The van der Waals surface area contributed by atoms with Gasteiger partial charge in [-0.3, -0.25) is 28.8 Å². The van der Waals surface area contributed by atoms with Crippen molar-refractivity contribution in [3.05, 3.63) is 71.7 Å². The summed E-state index contributed by atoms with van der Waals surface area (Å²) in [5.74, 6) is -2.42. The Bertz CT molecular complexity index is 1480. The van der Waals surface area contributed by atoms with Crippen LogP contribution in [0.3, 0.4) is 0 Å². The molecule has 2 aliphatic heterocycles. The monoisotopic (exact) mass is 680 g/mol. The maximum Gasteiger partial charge on any atom is 0.246 e.